The second-order valence-electron chi connectivity index (χ2n) is 6.01. The summed E-state index contributed by atoms with van der Waals surface area (Å²) < 4.78 is 74.8. The topological polar surface area (TPSA) is 118 Å². The molecule has 30 heavy (non-hydrogen) atoms. The maximum Gasteiger partial charge on any atom is 0.417 e. The average Bonchev–Trinajstić information content (AvgIpc) is 2.63. The molecule has 0 amide bonds. The zero-order chi connectivity index (χ0) is 22.5. The minimum Gasteiger partial charge on any atom is -0.492 e. The van der Waals surface area contributed by atoms with Gasteiger partial charge in [-0.15, -0.1) is 0 Å². The smallest absolute Gasteiger partial charge is 0.417 e. The first kappa shape index (κ1) is 23.0. The van der Waals surface area contributed by atoms with Crippen molar-refractivity contribution in [3.8, 4) is 11.5 Å². The van der Waals surface area contributed by atoms with E-state index in [2.05, 4.69) is 11.8 Å². The highest BCUT2D eigenvalue weighted by Gasteiger charge is 2.37. The number of guanidine groups is 1. The number of nitrogens with zero attached hydrogens (tertiary/aromatic N) is 2. The van der Waals surface area contributed by atoms with Gasteiger partial charge in [-0.05, 0) is 36.8 Å². The van der Waals surface area contributed by atoms with E-state index in [0.29, 0.717) is 11.6 Å². The Kier molecular flexibility index (Phi) is 6.92. The molecular weight excluding hydrogens is 425 g/mol. The summed E-state index contributed by atoms with van der Waals surface area (Å²) in [6, 6.07) is 7.88. The average molecular weight is 444 g/mol. The first-order valence-electron chi connectivity index (χ1n) is 8.37. The van der Waals surface area contributed by atoms with Crippen molar-refractivity contribution in [3.05, 3.63) is 53.6 Å². The molecule has 0 saturated heterocycles. The lowest BCUT2D eigenvalue weighted by molar-refractivity contribution is -0.139. The van der Waals surface area contributed by atoms with Gasteiger partial charge in [0.05, 0.1) is 12.1 Å². The van der Waals surface area contributed by atoms with E-state index in [1.54, 1.807) is 13.0 Å². The van der Waals surface area contributed by atoms with Gasteiger partial charge in [0.25, 0.3) is 0 Å². The van der Waals surface area contributed by atoms with E-state index < -0.39 is 26.8 Å². The van der Waals surface area contributed by atoms with E-state index in [-0.39, 0.29) is 30.6 Å². The Morgan fingerprint density at radius 2 is 1.87 bits per heavy atom. The summed E-state index contributed by atoms with van der Waals surface area (Å²) in [5.74, 6) is -0.347. The van der Waals surface area contributed by atoms with Crippen LogP contribution in [0.3, 0.4) is 0 Å². The number of nitrogens with two attached hydrogens (primary N) is 1. The van der Waals surface area contributed by atoms with Crippen molar-refractivity contribution in [3.63, 3.8) is 0 Å². The van der Waals surface area contributed by atoms with Gasteiger partial charge in [0.15, 0.2) is 0 Å². The van der Waals surface area contributed by atoms with Crippen LogP contribution in [0, 0.1) is 12.3 Å². The van der Waals surface area contributed by atoms with Crippen LogP contribution in [0.4, 0.5) is 13.2 Å². The van der Waals surface area contributed by atoms with Gasteiger partial charge in [0.2, 0.25) is 5.96 Å². The normalized spacial score (nSPS) is 11.6. The number of nitrogens with one attached hydrogen (secondary N) is 1. The Balaban J connectivity index is 2.23. The Labute approximate surface area is 171 Å². The van der Waals surface area contributed by atoms with Crippen molar-refractivity contribution in [1.82, 2.24) is 5.01 Å². The number of rotatable bonds is 8. The van der Waals surface area contributed by atoms with Crippen molar-refractivity contribution in [2.45, 2.75) is 18.0 Å². The van der Waals surface area contributed by atoms with Crippen LogP contribution in [0.1, 0.15) is 11.1 Å². The molecule has 0 fully saturated rings. The van der Waals surface area contributed by atoms with Crippen molar-refractivity contribution in [2.24, 2.45) is 10.8 Å². The van der Waals surface area contributed by atoms with Crippen LogP contribution in [-0.4, -0.2) is 39.3 Å². The third kappa shape index (κ3) is 5.86. The second kappa shape index (κ2) is 9.03. The molecule has 0 aliphatic heterocycles. The van der Waals surface area contributed by atoms with E-state index >= 15 is 0 Å². The molecule has 0 aliphatic rings. The van der Waals surface area contributed by atoms with Gasteiger partial charge in [-0.2, -0.15) is 26.7 Å². The standard InChI is InChI=1S/C18H19F3N4O4S/c1-12-9-13(28-8-7-25(24-2)17(22)23)11-14(10-12)29-30(26,27)16-6-4-3-5-15(16)18(19,20)21/h3-6,9-11H,2,7-8H2,1H3,(H3,22,23). The number of halogens is 3. The van der Waals surface area contributed by atoms with E-state index in [1.165, 1.54) is 18.2 Å². The molecule has 12 heteroatoms. The first-order chi connectivity index (χ1) is 13.9. The summed E-state index contributed by atoms with van der Waals surface area (Å²) >= 11 is 0. The Bertz CT molecular complexity index is 1040. The van der Waals surface area contributed by atoms with E-state index in [0.717, 1.165) is 17.1 Å². The molecule has 0 heterocycles. The highest BCUT2D eigenvalue weighted by molar-refractivity contribution is 7.87. The van der Waals surface area contributed by atoms with Gasteiger partial charge >= 0.3 is 16.3 Å². The number of alkyl halides is 3. The van der Waals surface area contributed by atoms with Crippen molar-refractivity contribution in [1.29, 1.82) is 5.41 Å². The third-order valence-electron chi connectivity index (χ3n) is 3.71. The van der Waals surface area contributed by atoms with Crippen molar-refractivity contribution >= 4 is 22.8 Å². The summed E-state index contributed by atoms with van der Waals surface area (Å²) in [5, 5.41) is 11.9. The van der Waals surface area contributed by atoms with Crippen LogP contribution < -0.4 is 14.7 Å². The van der Waals surface area contributed by atoms with Crippen LogP contribution in [0.15, 0.2) is 52.5 Å². The maximum absolute atomic E-state index is 13.2. The number of hydrogen-bond acceptors (Lipinski definition) is 6. The van der Waals surface area contributed by atoms with Gasteiger partial charge in [-0.3, -0.25) is 5.41 Å². The summed E-state index contributed by atoms with van der Waals surface area (Å²) in [6.45, 7) is 5.01. The number of aryl methyl sites for hydroxylation is 1. The number of hydrazone groups is 1. The van der Waals surface area contributed by atoms with Crippen LogP contribution in [0.2, 0.25) is 0 Å². The van der Waals surface area contributed by atoms with Gasteiger partial charge in [0, 0.05) is 12.8 Å². The molecule has 162 valence electrons. The van der Waals surface area contributed by atoms with Crippen molar-refractivity contribution in [2.75, 3.05) is 13.2 Å². The predicted molar refractivity (Wildman–Crippen MR) is 104 cm³/mol. The number of benzene rings is 2. The largest absolute Gasteiger partial charge is 0.492 e. The fourth-order valence-corrected chi connectivity index (χ4v) is 3.59. The predicted octanol–water partition coefficient (Wildman–Crippen LogP) is 2.97. The molecule has 0 aromatic heterocycles. The highest BCUT2D eigenvalue weighted by Crippen LogP contribution is 2.35. The molecule has 0 spiro atoms. The van der Waals surface area contributed by atoms with E-state index in [1.807, 2.05) is 0 Å². The van der Waals surface area contributed by atoms with Gasteiger partial charge in [-0.25, -0.2) is 5.01 Å². The molecule has 8 nitrogen and oxygen atoms in total. The van der Waals surface area contributed by atoms with Crippen molar-refractivity contribution < 1.29 is 30.5 Å². The summed E-state index contributed by atoms with van der Waals surface area (Å²) in [5.41, 5.74) is 4.52. The molecule has 0 atom stereocenters. The number of hydrogen-bond donors (Lipinski definition) is 2. The summed E-state index contributed by atoms with van der Waals surface area (Å²) in [7, 11) is -4.76. The first-order valence-corrected chi connectivity index (χ1v) is 9.78. The van der Waals surface area contributed by atoms with Crippen LogP contribution >= 0.6 is 0 Å². The second-order valence-corrected chi connectivity index (χ2v) is 7.53. The summed E-state index contributed by atoms with van der Waals surface area (Å²) in [4.78, 5) is -0.990. The van der Waals surface area contributed by atoms with Crippen LogP contribution in [0.5, 0.6) is 11.5 Å². The van der Waals surface area contributed by atoms with Crippen LogP contribution in [0.25, 0.3) is 0 Å². The number of ether oxygens (including phenoxy) is 1. The third-order valence-corrected chi connectivity index (χ3v) is 5.02. The zero-order valence-corrected chi connectivity index (χ0v) is 16.6. The Hall–Kier alpha value is -3.28. The quantitative estimate of drug-likeness (QED) is 0.280. The molecular formula is C18H19F3N4O4S. The lowest BCUT2D eigenvalue weighted by atomic mass is 10.2. The fraction of sp³-hybridized carbons (Fsp3) is 0.222. The monoisotopic (exact) mass is 444 g/mol. The molecule has 3 N–H and O–H groups in total. The van der Waals surface area contributed by atoms with Crippen LogP contribution in [-0.2, 0) is 16.3 Å². The molecule has 0 bridgehead atoms. The van der Waals surface area contributed by atoms with Gasteiger partial charge in [-0.1, -0.05) is 12.1 Å². The zero-order valence-electron chi connectivity index (χ0n) is 15.8. The molecule has 0 unspecified atom stereocenters. The lowest BCUT2D eigenvalue weighted by Crippen LogP contribution is -2.34. The molecule has 2 aromatic carbocycles. The van der Waals surface area contributed by atoms with Gasteiger partial charge in [0.1, 0.15) is 23.0 Å². The van der Waals surface area contributed by atoms with Gasteiger partial charge < -0.3 is 14.7 Å². The Morgan fingerprint density at radius 1 is 1.23 bits per heavy atom. The maximum atomic E-state index is 13.2. The minimum atomic E-state index is -4.87. The highest BCUT2D eigenvalue weighted by atomic mass is 32.2. The molecule has 2 rings (SSSR count). The minimum absolute atomic E-state index is 0.0190. The molecule has 0 radical (unpaired) electrons. The molecule has 0 saturated carbocycles. The Morgan fingerprint density at radius 3 is 2.47 bits per heavy atom. The molecule has 0 aliphatic carbocycles. The van der Waals surface area contributed by atoms with E-state index in [4.69, 9.17) is 20.1 Å². The lowest BCUT2D eigenvalue weighted by Gasteiger charge is -2.17. The SMILES string of the molecule is C=NN(CCOc1cc(C)cc(OS(=O)(=O)c2ccccc2C(F)(F)F)c1)C(=N)N. The fourth-order valence-electron chi connectivity index (χ4n) is 2.45. The summed E-state index contributed by atoms with van der Waals surface area (Å²) in [6.07, 6.45) is -4.87. The molecule has 2 aromatic rings. The van der Waals surface area contributed by atoms with E-state index in [9.17, 15) is 21.6 Å².